The van der Waals surface area contributed by atoms with E-state index in [1.807, 2.05) is 0 Å². The molecule has 28 heavy (non-hydrogen) atoms. The summed E-state index contributed by atoms with van der Waals surface area (Å²) >= 11 is 12.6. The first kappa shape index (κ1) is 20.5. The topological polar surface area (TPSA) is 44.1 Å². The number of methoxy groups -OCH3 is 1. The second-order valence-electron chi connectivity index (χ2n) is 6.25. The fourth-order valence-corrected chi connectivity index (χ4v) is 3.67. The van der Waals surface area contributed by atoms with Crippen LogP contribution in [0.25, 0.3) is 11.0 Å². The van der Waals surface area contributed by atoms with E-state index in [-0.39, 0.29) is 28.1 Å². The van der Waals surface area contributed by atoms with Crippen LogP contribution in [0.3, 0.4) is 0 Å². The number of halogens is 5. The van der Waals surface area contributed by atoms with E-state index in [2.05, 4.69) is 4.98 Å². The smallest absolute Gasteiger partial charge is 0.416 e. The Bertz CT molecular complexity index is 1090. The molecule has 0 spiro atoms. The van der Waals surface area contributed by atoms with Crippen LogP contribution in [0.1, 0.15) is 32.9 Å². The van der Waals surface area contributed by atoms with Crippen molar-refractivity contribution in [3.63, 3.8) is 0 Å². The molecule has 0 unspecified atom stereocenters. The molecule has 1 aromatic heterocycles. The summed E-state index contributed by atoms with van der Waals surface area (Å²) in [5.41, 5.74) is 0.720. The minimum absolute atomic E-state index is 0.0485. The lowest BCUT2D eigenvalue weighted by atomic mass is 10.1. The zero-order chi connectivity index (χ0) is 20.8. The zero-order valence-corrected chi connectivity index (χ0v) is 16.6. The summed E-state index contributed by atoms with van der Waals surface area (Å²) in [6.07, 6.45) is -4.33. The first-order valence-corrected chi connectivity index (χ1v) is 8.89. The molecule has 0 radical (unpaired) electrons. The number of hydrogen-bond acceptors (Lipinski definition) is 3. The molecule has 3 aromatic rings. The summed E-state index contributed by atoms with van der Waals surface area (Å²) in [6, 6.07) is 5.40. The molecule has 0 aliphatic heterocycles. The first-order chi connectivity index (χ1) is 13.1. The Labute approximate surface area is 168 Å². The molecule has 0 aliphatic carbocycles. The van der Waals surface area contributed by atoms with Crippen molar-refractivity contribution >= 4 is 40.2 Å². The Hall–Kier alpha value is -2.25. The number of fused-ring (bicyclic) bond motifs is 1. The summed E-state index contributed by atoms with van der Waals surface area (Å²) in [7, 11) is 2.93. The lowest BCUT2D eigenvalue weighted by Gasteiger charge is -2.11. The number of carbonyl (C=O) groups is 1. The Balaban J connectivity index is 2.13. The van der Waals surface area contributed by atoms with Gasteiger partial charge in [-0.3, -0.25) is 0 Å². The van der Waals surface area contributed by atoms with Gasteiger partial charge in [-0.2, -0.15) is 13.2 Å². The fraction of sp³-hybridized carbons (Fsp3) is 0.263. The highest BCUT2D eigenvalue weighted by Crippen LogP contribution is 2.36. The standard InChI is InChI=1S/C19H15Cl2F3N2O2/c1-9-12(19(22,23)24)5-7-14-17(9)25-15(26(14)2)8-11-13(20)6-4-10(16(11)21)18(27)28-3/h4-7H,8H2,1-3H3. The minimum Gasteiger partial charge on any atom is -0.465 e. The lowest BCUT2D eigenvalue weighted by molar-refractivity contribution is -0.137. The van der Waals surface area contributed by atoms with Crippen molar-refractivity contribution < 1.29 is 22.7 Å². The Morgan fingerprint density at radius 1 is 1.21 bits per heavy atom. The predicted molar refractivity (Wildman–Crippen MR) is 101 cm³/mol. The number of ether oxygens (including phenoxy) is 1. The third kappa shape index (κ3) is 3.44. The van der Waals surface area contributed by atoms with E-state index in [4.69, 9.17) is 27.9 Å². The normalized spacial score (nSPS) is 11.9. The number of alkyl halides is 3. The van der Waals surface area contributed by atoms with Crippen LogP contribution in [0.4, 0.5) is 13.2 Å². The van der Waals surface area contributed by atoms with E-state index in [9.17, 15) is 18.0 Å². The molecule has 0 aliphatic rings. The maximum absolute atomic E-state index is 13.2. The SMILES string of the molecule is COC(=O)c1ccc(Cl)c(Cc2nc3c(C)c(C(F)(F)F)ccc3n2C)c1Cl. The molecule has 0 saturated carbocycles. The molecule has 0 bridgehead atoms. The van der Waals surface area contributed by atoms with Crippen LogP contribution >= 0.6 is 23.2 Å². The Kier molecular flexibility index (Phi) is 5.34. The van der Waals surface area contributed by atoms with Crippen LogP contribution in [0.5, 0.6) is 0 Å². The lowest BCUT2D eigenvalue weighted by Crippen LogP contribution is -2.07. The highest BCUT2D eigenvalue weighted by Gasteiger charge is 2.33. The average Bonchev–Trinajstić information content (AvgIpc) is 2.94. The van der Waals surface area contributed by atoms with E-state index in [1.165, 1.54) is 32.2 Å². The highest BCUT2D eigenvalue weighted by atomic mass is 35.5. The molecule has 9 heteroatoms. The van der Waals surface area contributed by atoms with Crippen molar-refractivity contribution in [1.82, 2.24) is 9.55 Å². The zero-order valence-electron chi connectivity index (χ0n) is 15.1. The van der Waals surface area contributed by atoms with E-state index in [1.54, 1.807) is 11.6 Å². The maximum atomic E-state index is 13.2. The van der Waals surface area contributed by atoms with Crippen molar-refractivity contribution in [3.8, 4) is 0 Å². The third-order valence-corrected chi connectivity index (χ3v) is 5.42. The summed E-state index contributed by atoms with van der Waals surface area (Å²) in [6.45, 7) is 1.39. The Morgan fingerprint density at radius 3 is 2.50 bits per heavy atom. The van der Waals surface area contributed by atoms with Gasteiger partial charge in [0.15, 0.2) is 0 Å². The van der Waals surface area contributed by atoms with E-state index in [0.717, 1.165) is 6.07 Å². The molecule has 2 aromatic carbocycles. The molecule has 3 rings (SSSR count). The summed E-state index contributed by atoms with van der Waals surface area (Å²) in [5.74, 6) is -0.151. The number of carbonyl (C=O) groups excluding carboxylic acids is 1. The largest absolute Gasteiger partial charge is 0.465 e. The molecule has 0 atom stereocenters. The molecule has 0 amide bonds. The van der Waals surface area contributed by atoms with Gasteiger partial charge in [-0.25, -0.2) is 9.78 Å². The molecular formula is C19H15Cl2F3N2O2. The number of aromatic nitrogens is 2. The van der Waals surface area contributed by atoms with Gasteiger partial charge in [-0.1, -0.05) is 23.2 Å². The van der Waals surface area contributed by atoms with Gasteiger partial charge in [0.2, 0.25) is 0 Å². The van der Waals surface area contributed by atoms with Crippen LogP contribution in [0.15, 0.2) is 24.3 Å². The van der Waals surface area contributed by atoms with Crippen LogP contribution in [0, 0.1) is 6.92 Å². The molecule has 0 fully saturated rings. The van der Waals surface area contributed by atoms with E-state index in [0.29, 0.717) is 21.9 Å². The van der Waals surface area contributed by atoms with Crippen LogP contribution < -0.4 is 0 Å². The fourth-order valence-electron chi connectivity index (χ4n) is 3.09. The van der Waals surface area contributed by atoms with E-state index >= 15 is 0 Å². The number of esters is 1. The number of benzene rings is 2. The molecular weight excluding hydrogens is 416 g/mol. The van der Waals surface area contributed by atoms with Crippen LogP contribution in [0.2, 0.25) is 10.0 Å². The maximum Gasteiger partial charge on any atom is 0.416 e. The van der Waals surface area contributed by atoms with Gasteiger partial charge in [-0.05, 0) is 42.3 Å². The summed E-state index contributed by atoms with van der Waals surface area (Å²) in [5, 5.41) is 0.441. The van der Waals surface area contributed by atoms with Gasteiger partial charge < -0.3 is 9.30 Å². The van der Waals surface area contributed by atoms with E-state index < -0.39 is 17.7 Å². The number of nitrogens with zero attached hydrogens (tertiary/aromatic N) is 2. The minimum atomic E-state index is -4.46. The van der Waals surface area contributed by atoms with Crippen LogP contribution in [-0.2, 0) is 24.4 Å². The van der Waals surface area contributed by atoms with Crippen molar-refractivity contribution in [2.75, 3.05) is 7.11 Å². The second kappa shape index (κ2) is 7.29. The number of aryl methyl sites for hydroxylation is 2. The molecule has 148 valence electrons. The Morgan fingerprint density at radius 2 is 1.89 bits per heavy atom. The monoisotopic (exact) mass is 430 g/mol. The van der Waals surface area contributed by atoms with Crippen molar-refractivity contribution in [2.24, 2.45) is 7.05 Å². The quantitative estimate of drug-likeness (QED) is 0.509. The van der Waals surface area contributed by atoms with Crippen molar-refractivity contribution in [1.29, 1.82) is 0 Å². The summed E-state index contributed by atoms with van der Waals surface area (Å²) < 4.78 is 45.9. The molecule has 4 nitrogen and oxygen atoms in total. The van der Waals surface area contributed by atoms with Gasteiger partial charge in [0.1, 0.15) is 5.82 Å². The number of imidazole rings is 1. The van der Waals surface area contributed by atoms with Gasteiger partial charge >= 0.3 is 12.1 Å². The first-order valence-electron chi connectivity index (χ1n) is 8.13. The molecule has 0 saturated heterocycles. The second-order valence-corrected chi connectivity index (χ2v) is 7.03. The van der Waals surface area contributed by atoms with Gasteiger partial charge in [0.25, 0.3) is 0 Å². The van der Waals surface area contributed by atoms with Gasteiger partial charge in [-0.15, -0.1) is 0 Å². The summed E-state index contributed by atoms with van der Waals surface area (Å²) in [4.78, 5) is 16.2. The predicted octanol–water partition coefficient (Wildman–Crippen LogP) is 5.58. The third-order valence-electron chi connectivity index (χ3n) is 4.63. The number of hydrogen-bond donors (Lipinski definition) is 0. The highest BCUT2D eigenvalue weighted by molar-refractivity contribution is 6.38. The number of rotatable bonds is 3. The average molecular weight is 431 g/mol. The molecule has 0 N–H and O–H groups in total. The van der Waals surface area contributed by atoms with Gasteiger partial charge in [0, 0.05) is 18.5 Å². The van der Waals surface area contributed by atoms with Crippen molar-refractivity contribution in [2.45, 2.75) is 19.5 Å². The van der Waals surface area contributed by atoms with Crippen LogP contribution in [-0.4, -0.2) is 22.6 Å². The molecule has 1 heterocycles. The van der Waals surface area contributed by atoms with Gasteiger partial charge in [0.05, 0.1) is 34.3 Å². The van der Waals surface area contributed by atoms with Crippen molar-refractivity contribution in [3.05, 3.63) is 62.4 Å².